The Kier molecular flexibility index (Phi) is 10.5. The van der Waals surface area contributed by atoms with E-state index in [-0.39, 0.29) is 29.9 Å². The molecule has 0 bridgehead atoms. The normalized spacial score (nSPS) is 16.8. The molecule has 1 saturated carbocycles. The van der Waals surface area contributed by atoms with E-state index < -0.39 is 18.7 Å². The molecule has 0 spiro atoms. The standard InChI is InChI=1S/C24H27Cl2F2N3O4.H2O/c25-18-11-30-12-19(26)17(18)10-21(34-23(32)13-31-7-5-29-6-8-31)16-3-4-20(35-24(27)28)22(9-16)33-14-15-1-2-15;/h3-4,9,11-12,15,21,24,29H,1-2,5-8,10,13-14H2;1H2/t21-;/m0./s1. The smallest absolute Gasteiger partial charge is 0.387 e. The van der Waals surface area contributed by atoms with Crippen molar-refractivity contribution < 1.29 is 38.2 Å². The number of esters is 1. The van der Waals surface area contributed by atoms with E-state index in [4.69, 9.17) is 32.7 Å². The third kappa shape index (κ3) is 8.14. The van der Waals surface area contributed by atoms with E-state index in [0.29, 0.717) is 33.7 Å². The second kappa shape index (κ2) is 13.3. The number of carbonyl (C=O) groups is 1. The molecule has 3 N–H and O–H groups in total. The van der Waals surface area contributed by atoms with Crippen molar-refractivity contribution in [2.24, 2.45) is 5.92 Å². The van der Waals surface area contributed by atoms with Gasteiger partial charge in [0.25, 0.3) is 0 Å². The summed E-state index contributed by atoms with van der Waals surface area (Å²) in [5.74, 6) is 0.112. The summed E-state index contributed by atoms with van der Waals surface area (Å²) < 4.78 is 42.3. The third-order valence-corrected chi connectivity index (χ3v) is 6.62. The van der Waals surface area contributed by atoms with Crippen molar-refractivity contribution in [1.82, 2.24) is 10.2 Å². The number of piperazine rings is 1. The number of rotatable bonds is 11. The highest BCUT2D eigenvalue weighted by atomic mass is 35.5. The molecule has 2 heterocycles. The van der Waals surface area contributed by atoms with E-state index in [1.165, 1.54) is 6.07 Å². The van der Waals surface area contributed by atoms with Crippen LogP contribution < -0.4 is 19.8 Å². The summed E-state index contributed by atoms with van der Waals surface area (Å²) in [6, 6.07) is 4.57. The van der Waals surface area contributed by atoms with Crippen molar-refractivity contribution >= 4 is 29.2 Å². The summed E-state index contributed by atoms with van der Waals surface area (Å²) in [5.41, 5.74) is 1.16. The van der Waals surface area contributed by atoms with Gasteiger partial charge < -0.3 is 25.0 Å². The maximum absolute atomic E-state index is 13.0. The number of aromatic amines is 1. The largest absolute Gasteiger partial charge is 0.870 e. The lowest BCUT2D eigenvalue weighted by Gasteiger charge is -2.27. The number of ether oxygens (including phenoxy) is 3. The highest BCUT2D eigenvalue weighted by molar-refractivity contribution is 6.35. The van der Waals surface area contributed by atoms with Crippen molar-refractivity contribution in [1.29, 1.82) is 0 Å². The van der Waals surface area contributed by atoms with Gasteiger partial charge in [-0.25, -0.2) is 4.98 Å². The highest BCUT2D eigenvalue weighted by Crippen LogP contribution is 2.37. The Morgan fingerprint density at radius 3 is 2.47 bits per heavy atom. The van der Waals surface area contributed by atoms with E-state index >= 15 is 0 Å². The summed E-state index contributed by atoms with van der Waals surface area (Å²) in [5, 5.41) is 4.03. The minimum atomic E-state index is -2.99. The number of pyridine rings is 1. The molecule has 0 amide bonds. The van der Waals surface area contributed by atoms with Crippen molar-refractivity contribution in [3.05, 3.63) is 51.8 Å². The zero-order chi connectivity index (χ0) is 24.8. The zero-order valence-corrected chi connectivity index (χ0v) is 21.0. The molecule has 12 heteroatoms. The van der Waals surface area contributed by atoms with Crippen molar-refractivity contribution in [2.75, 3.05) is 39.3 Å². The molecule has 0 unspecified atom stereocenters. The SMILES string of the molecule is O=C(CN1CCNCC1)O[C@@H](Cc1c(Cl)c[nH+]cc1Cl)c1ccc(OC(F)F)c(OCC2CC2)c1.[OH-]. The van der Waals surface area contributed by atoms with Gasteiger partial charge in [0.15, 0.2) is 23.9 Å². The lowest BCUT2D eigenvalue weighted by atomic mass is 10.0. The Labute approximate surface area is 218 Å². The predicted octanol–water partition coefficient (Wildman–Crippen LogP) is 3.75. The van der Waals surface area contributed by atoms with E-state index in [0.717, 1.165) is 39.0 Å². The predicted molar refractivity (Wildman–Crippen MR) is 128 cm³/mol. The summed E-state index contributed by atoms with van der Waals surface area (Å²) >= 11 is 12.7. The molecule has 2 fully saturated rings. The lowest BCUT2D eigenvalue weighted by Crippen LogP contribution is -2.45. The highest BCUT2D eigenvalue weighted by Gasteiger charge is 2.27. The van der Waals surface area contributed by atoms with Crippen molar-refractivity contribution in [3.63, 3.8) is 0 Å². The number of benzene rings is 1. The Hall–Kier alpha value is -2.24. The number of hydrogen-bond donors (Lipinski definition) is 1. The Morgan fingerprint density at radius 2 is 1.83 bits per heavy atom. The molecule has 1 atom stereocenters. The van der Waals surface area contributed by atoms with Gasteiger partial charge in [0.05, 0.1) is 13.2 Å². The minimum absolute atomic E-state index is 0. The Balaban J connectivity index is 0.00000361. The fourth-order valence-corrected chi connectivity index (χ4v) is 4.39. The van der Waals surface area contributed by atoms with Gasteiger partial charge in [-0.1, -0.05) is 29.3 Å². The number of nitrogens with one attached hydrogen (secondary N) is 2. The van der Waals surface area contributed by atoms with Gasteiger partial charge in [0.1, 0.15) is 16.1 Å². The van der Waals surface area contributed by atoms with Gasteiger partial charge in [-0.3, -0.25) is 9.69 Å². The lowest BCUT2D eigenvalue weighted by molar-refractivity contribution is -0.377. The second-order valence-electron chi connectivity index (χ2n) is 8.68. The summed E-state index contributed by atoms with van der Waals surface area (Å²) in [4.78, 5) is 17.7. The number of alkyl halides is 2. The van der Waals surface area contributed by atoms with Crippen LogP contribution in [0, 0.1) is 5.92 Å². The van der Waals surface area contributed by atoms with Crippen LogP contribution in [0.5, 0.6) is 11.5 Å². The molecule has 4 rings (SSSR count). The van der Waals surface area contributed by atoms with Crippen LogP contribution in [0.25, 0.3) is 0 Å². The van der Waals surface area contributed by atoms with Crippen molar-refractivity contribution in [2.45, 2.75) is 32.0 Å². The van der Waals surface area contributed by atoms with Gasteiger partial charge in [0.2, 0.25) is 0 Å². The molecule has 1 aromatic carbocycles. The van der Waals surface area contributed by atoms with E-state index in [2.05, 4.69) is 15.0 Å². The average molecular weight is 548 g/mol. The Morgan fingerprint density at radius 1 is 1.14 bits per heavy atom. The van der Waals surface area contributed by atoms with Gasteiger partial charge in [0, 0.05) is 38.2 Å². The minimum Gasteiger partial charge on any atom is -0.870 e. The van der Waals surface area contributed by atoms with Crippen LogP contribution in [0.2, 0.25) is 10.0 Å². The molecule has 1 aliphatic heterocycles. The van der Waals surface area contributed by atoms with Crippen LogP contribution in [0.1, 0.15) is 30.1 Å². The quantitative estimate of drug-likeness (QED) is 0.427. The first-order valence-electron chi connectivity index (χ1n) is 11.6. The van der Waals surface area contributed by atoms with Gasteiger partial charge in [-0.2, -0.15) is 8.78 Å². The van der Waals surface area contributed by atoms with Crippen LogP contribution in [0.15, 0.2) is 30.6 Å². The first-order valence-corrected chi connectivity index (χ1v) is 12.3. The number of carbonyl (C=O) groups excluding carboxylic acids is 1. The number of aromatic nitrogens is 1. The first-order chi connectivity index (χ1) is 16.9. The molecule has 8 nitrogen and oxygen atoms in total. The first kappa shape index (κ1) is 28.3. The van der Waals surface area contributed by atoms with Crippen molar-refractivity contribution in [3.8, 4) is 11.5 Å². The second-order valence-corrected chi connectivity index (χ2v) is 9.49. The monoisotopic (exact) mass is 547 g/mol. The molecule has 1 aromatic heterocycles. The molecule has 2 aliphatic rings. The van der Waals surface area contributed by atoms with Crippen LogP contribution in [-0.2, 0) is 16.0 Å². The molecular weight excluding hydrogens is 519 g/mol. The van der Waals surface area contributed by atoms with E-state index in [9.17, 15) is 13.6 Å². The number of halogens is 4. The molecule has 198 valence electrons. The Bertz CT molecular complexity index is 1000. The van der Waals surface area contributed by atoms with E-state index in [1.807, 2.05) is 4.90 Å². The molecule has 1 aliphatic carbocycles. The third-order valence-electron chi connectivity index (χ3n) is 5.95. The molecule has 0 radical (unpaired) electrons. The van der Waals surface area contributed by atoms with E-state index in [1.54, 1.807) is 24.5 Å². The van der Waals surface area contributed by atoms with Crippen LogP contribution in [0.4, 0.5) is 8.78 Å². The maximum Gasteiger partial charge on any atom is 0.387 e. The fraction of sp³-hybridized carbons (Fsp3) is 0.500. The molecule has 1 saturated heterocycles. The molecule has 36 heavy (non-hydrogen) atoms. The molecular formula is C24H29Cl2F2N3O5. The molecule has 2 aromatic rings. The maximum atomic E-state index is 13.0. The van der Waals surface area contributed by atoms with Gasteiger partial charge >= 0.3 is 12.6 Å². The summed E-state index contributed by atoms with van der Waals surface area (Å²) in [6.07, 6.45) is 4.68. The van der Waals surface area contributed by atoms with Crippen LogP contribution in [-0.4, -0.2) is 62.3 Å². The van der Waals surface area contributed by atoms with Gasteiger partial charge in [-0.15, -0.1) is 0 Å². The van der Waals surface area contributed by atoms with Crippen LogP contribution >= 0.6 is 23.2 Å². The topological polar surface area (TPSA) is 104 Å². The van der Waals surface area contributed by atoms with Gasteiger partial charge in [-0.05, 0) is 36.5 Å². The summed E-state index contributed by atoms with van der Waals surface area (Å²) in [6.45, 7) is 0.638. The number of hydrogen-bond acceptors (Lipinski definition) is 7. The fourth-order valence-electron chi connectivity index (χ4n) is 3.86. The average Bonchev–Trinajstić information content (AvgIpc) is 3.65. The zero-order valence-electron chi connectivity index (χ0n) is 19.5. The summed E-state index contributed by atoms with van der Waals surface area (Å²) in [7, 11) is 0. The number of nitrogens with zero attached hydrogens (tertiary/aromatic N) is 1. The van der Waals surface area contributed by atoms with Crippen LogP contribution in [0.3, 0.4) is 0 Å². The number of H-pyrrole nitrogens is 1.